The Kier molecular flexibility index (Phi) is 5.85. The van der Waals surface area contributed by atoms with Crippen LogP contribution in [0.25, 0.3) is 0 Å². The molecule has 0 bridgehead atoms. The van der Waals surface area contributed by atoms with Crippen LogP contribution in [0.1, 0.15) is 12.8 Å². The van der Waals surface area contributed by atoms with Crippen molar-refractivity contribution in [1.82, 2.24) is 10.2 Å². The molecule has 23 heavy (non-hydrogen) atoms. The highest BCUT2D eigenvalue weighted by Gasteiger charge is 2.15. The standard InChI is InChI=1S/C17H25N3O3/c21-17(13-20-9-11-22-12-10-20)19-14-1-3-15(4-2-14)23-16-5-7-18-8-6-16/h1-4,16,18H,5-13H2,(H,19,21). The molecule has 2 aliphatic heterocycles. The predicted octanol–water partition coefficient (Wildman–Crippen LogP) is 1.09. The minimum atomic E-state index is 0.0129. The molecular weight excluding hydrogens is 294 g/mol. The van der Waals surface area contributed by atoms with Crippen molar-refractivity contribution in [3.8, 4) is 5.75 Å². The zero-order valence-electron chi connectivity index (χ0n) is 13.4. The van der Waals surface area contributed by atoms with Gasteiger partial charge in [0.15, 0.2) is 0 Å². The second-order valence-electron chi connectivity index (χ2n) is 6.03. The van der Waals surface area contributed by atoms with Gasteiger partial charge in [-0.15, -0.1) is 0 Å². The van der Waals surface area contributed by atoms with Crippen LogP contribution < -0.4 is 15.4 Å². The quantitative estimate of drug-likeness (QED) is 0.851. The van der Waals surface area contributed by atoms with Crippen LogP contribution in [0.15, 0.2) is 24.3 Å². The summed E-state index contributed by atoms with van der Waals surface area (Å²) >= 11 is 0. The van der Waals surface area contributed by atoms with E-state index in [9.17, 15) is 4.79 Å². The maximum Gasteiger partial charge on any atom is 0.238 e. The predicted molar refractivity (Wildman–Crippen MR) is 88.9 cm³/mol. The number of hydrogen-bond donors (Lipinski definition) is 2. The number of benzene rings is 1. The van der Waals surface area contributed by atoms with Gasteiger partial charge in [0.1, 0.15) is 11.9 Å². The van der Waals surface area contributed by atoms with Crippen molar-refractivity contribution < 1.29 is 14.3 Å². The average molecular weight is 319 g/mol. The number of amides is 1. The van der Waals surface area contributed by atoms with E-state index in [4.69, 9.17) is 9.47 Å². The molecule has 0 saturated carbocycles. The van der Waals surface area contributed by atoms with Crippen molar-refractivity contribution in [3.05, 3.63) is 24.3 Å². The number of carbonyl (C=O) groups is 1. The summed E-state index contributed by atoms with van der Waals surface area (Å²) in [5, 5.41) is 6.26. The smallest absolute Gasteiger partial charge is 0.238 e. The summed E-state index contributed by atoms with van der Waals surface area (Å²) in [6.07, 6.45) is 2.37. The summed E-state index contributed by atoms with van der Waals surface area (Å²) < 4.78 is 11.2. The lowest BCUT2D eigenvalue weighted by Crippen LogP contribution is -2.41. The van der Waals surface area contributed by atoms with Gasteiger partial charge in [-0.1, -0.05) is 0 Å². The van der Waals surface area contributed by atoms with Crippen LogP contribution in [0.4, 0.5) is 5.69 Å². The minimum absolute atomic E-state index is 0.0129. The van der Waals surface area contributed by atoms with Gasteiger partial charge in [0, 0.05) is 18.8 Å². The number of carbonyl (C=O) groups excluding carboxylic acids is 1. The number of morpholine rings is 1. The van der Waals surface area contributed by atoms with Crippen molar-refractivity contribution in [2.24, 2.45) is 0 Å². The van der Waals surface area contributed by atoms with Gasteiger partial charge in [0.05, 0.1) is 19.8 Å². The van der Waals surface area contributed by atoms with E-state index in [1.54, 1.807) is 0 Å². The number of nitrogens with zero attached hydrogens (tertiary/aromatic N) is 1. The first-order valence-electron chi connectivity index (χ1n) is 8.37. The van der Waals surface area contributed by atoms with Crippen molar-refractivity contribution in [2.75, 3.05) is 51.3 Å². The molecule has 2 saturated heterocycles. The molecule has 126 valence electrons. The molecule has 1 aromatic rings. The Hall–Kier alpha value is -1.63. The molecule has 0 radical (unpaired) electrons. The van der Waals surface area contributed by atoms with E-state index in [2.05, 4.69) is 15.5 Å². The SMILES string of the molecule is O=C(CN1CCOCC1)Nc1ccc(OC2CCNCC2)cc1. The first-order chi connectivity index (χ1) is 11.3. The van der Waals surface area contributed by atoms with Gasteiger partial charge in [0.2, 0.25) is 5.91 Å². The average Bonchev–Trinajstić information content (AvgIpc) is 2.58. The van der Waals surface area contributed by atoms with Crippen LogP contribution in [0.5, 0.6) is 5.75 Å². The highest BCUT2D eigenvalue weighted by Crippen LogP contribution is 2.19. The maximum absolute atomic E-state index is 12.1. The van der Waals surface area contributed by atoms with Gasteiger partial charge in [-0.05, 0) is 50.2 Å². The van der Waals surface area contributed by atoms with E-state index in [0.717, 1.165) is 50.5 Å². The molecule has 2 N–H and O–H groups in total. The molecule has 0 spiro atoms. The Morgan fingerprint density at radius 2 is 1.91 bits per heavy atom. The number of piperidine rings is 1. The van der Waals surface area contributed by atoms with Crippen LogP contribution in [0.3, 0.4) is 0 Å². The summed E-state index contributed by atoms with van der Waals surface area (Å²) in [4.78, 5) is 14.2. The van der Waals surface area contributed by atoms with E-state index in [0.29, 0.717) is 19.8 Å². The molecule has 0 unspecified atom stereocenters. The van der Waals surface area contributed by atoms with Crippen molar-refractivity contribution in [1.29, 1.82) is 0 Å². The van der Waals surface area contributed by atoms with E-state index in [1.807, 2.05) is 24.3 Å². The lowest BCUT2D eigenvalue weighted by atomic mass is 10.1. The summed E-state index contributed by atoms with van der Waals surface area (Å²) in [5.74, 6) is 0.877. The van der Waals surface area contributed by atoms with Crippen LogP contribution in [-0.2, 0) is 9.53 Å². The van der Waals surface area contributed by atoms with Gasteiger partial charge >= 0.3 is 0 Å². The second kappa shape index (κ2) is 8.29. The summed E-state index contributed by atoms with van der Waals surface area (Å²) in [6.45, 7) is 5.48. The van der Waals surface area contributed by atoms with Gasteiger partial charge in [0.25, 0.3) is 0 Å². The molecule has 3 rings (SSSR count). The highest BCUT2D eigenvalue weighted by molar-refractivity contribution is 5.92. The molecular formula is C17H25N3O3. The normalized spacial score (nSPS) is 20.2. The Morgan fingerprint density at radius 3 is 2.61 bits per heavy atom. The van der Waals surface area contributed by atoms with E-state index in [-0.39, 0.29) is 12.0 Å². The molecule has 1 amide bonds. The third-order valence-electron chi connectivity index (χ3n) is 4.20. The fourth-order valence-electron chi connectivity index (χ4n) is 2.89. The molecule has 0 aliphatic carbocycles. The zero-order chi connectivity index (χ0) is 15.9. The Morgan fingerprint density at radius 1 is 1.22 bits per heavy atom. The lowest BCUT2D eigenvalue weighted by molar-refractivity contribution is -0.118. The van der Waals surface area contributed by atoms with Gasteiger partial charge in [-0.3, -0.25) is 9.69 Å². The van der Waals surface area contributed by atoms with Crippen molar-refractivity contribution in [2.45, 2.75) is 18.9 Å². The third-order valence-corrected chi connectivity index (χ3v) is 4.20. The van der Waals surface area contributed by atoms with Crippen LogP contribution >= 0.6 is 0 Å². The van der Waals surface area contributed by atoms with Crippen molar-refractivity contribution in [3.63, 3.8) is 0 Å². The maximum atomic E-state index is 12.1. The molecule has 2 heterocycles. The number of rotatable bonds is 5. The summed E-state index contributed by atoms with van der Waals surface area (Å²) in [6, 6.07) is 7.64. The van der Waals surface area contributed by atoms with Gasteiger partial charge in [-0.25, -0.2) is 0 Å². The van der Waals surface area contributed by atoms with Gasteiger partial charge < -0.3 is 20.1 Å². The first-order valence-corrected chi connectivity index (χ1v) is 8.37. The topological polar surface area (TPSA) is 62.8 Å². The monoisotopic (exact) mass is 319 g/mol. The first kappa shape index (κ1) is 16.2. The number of ether oxygens (including phenoxy) is 2. The van der Waals surface area contributed by atoms with Gasteiger partial charge in [-0.2, -0.15) is 0 Å². The molecule has 2 aliphatic rings. The largest absolute Gasteiger partial charge is 0.490 e. The highest BCUT2D eigenvalue weighted by atomic mass is 16.5. The fraction of sp³-hybridized carbons (Fsp3) is 0.588. The number of anilines is 1. The van der Waals surface area contributed by atoms with E-state index >= 15 is 0 Å². The molecule has 1 aromatic carbocycles. The Balaban J connectivity index is 1.45. The van der Waals surface area contributed by atoms with Crippen LogP contribution in [0, 0.1) is 0 Å². The van der Waals surface area contributed by atoms with E-state index in [1.165, 1.54) is 0 Å². The molecule has 2 fully saturated rings. The Labute approximate surface area is 137 Å². The Bertz CT molecular complexity index is 494. The number of nitrogens with one attached hydrogen (secondary N) is 2. The molecule has 0 atom stereocenters. The summed E-state index contributed by atoms with van der Waals surface area (Å²) in [7, 11) is 0. The van der Waals surface area contributed by atoms with Crippen LogP contribution in [-0.4, -0.2) is 62.8 Å². The third kappa shape index (κ3) is 5.20. The van der Waals surface area contributed by atoms with E-state index < -0.39 is 0 Å². The number of hydrogen-bond acceptors (Lipinski definition) is 5. The zero-order valence-corrected chi connectivity index (χ0v) is 13.4. The lowest BCUT2D eigenvalue weighted by Gasteiger charge is -2.25. The fourth-order valence-corrected chi connectivity index (χ4v) is 2.89. The summed E-state index contributed by atoms with van der Waals surface area (Å²) in [5.41, 5.74) is 0.806. The van der Waals surface area contributed by atoms with Crippen molar-refractivity contribution >= 4 is 11.6 Å². The molecule has 6 nitrogen and oxygen atoms in total. The van der Waals surface area contributed by atoms with Crippen LogP contribution in [0.2, 0.25) is 0 Å². The minimum Gasteiger partial charge on any atom is -0.490 e. The second-order valence-corrected chi connectivity index (χ2v) is 6.03. The molecule has 0 aromatic heterocycles. The molecule has 6 heteroatoms.